The summed E-state index contributed by atoms with van der Waals surface area (Å²) >= 11 is 5.97. The predicted octanol–water partition coefficient (Wildman–Crippen LogP) is 2.76. The monoisotopic (exact) mass is 282 g/mol. The maximum atomic E-state index is 11.9. The number of carbonyl (C=O) groups is 1. The van der Waals surface area contributed by atoms with Crippen LogP contribution in [0, 0.1) is 5.41 Å². The van der Waals surface area contributed by atoms with Gasteiger partial charge in [-0.1, -0.05) is 32.4 Å². The van der Waals surface area contributed by atoms with Crippen LogP contribution in [0.1, 0.15) is 27.2 Å². The summed E-state index contributed by atoms with van der Waals surface area (Å²) in [6.45, 7) is 7.41. The first kappa shape index (κ1) is 14.1. The Morgan fingerprint density at radius 2 is 2.21 bits per heavy atom. The summed E-state index contributed by atoms with van der Waals surface area (Å²) in [6, 6.07) is 3.50. The van der Waals surface area contributed by atoms with Crippen molar-refractivity contribution in [1.29, 1.82) is 0 Å². The molecule has 1 aromatic heterocycles. The first-order chi connectivity index (χ1) is 8.85. The molecule has 4 nitrogen and oxygen atoms in total. The van der Waals surface area contributed by atoms with E-state index in [-0.39, 0.29) is 17.4 Å². The predicted molar refractivity (Wildman–Crippen MR) is 74.3 cm³/mol. The van der Waals surface area contributed by atoms with Crippen molar-refractivity contribution < 1.29 is 9.53 Å². The third-order valence-corrected chi connectivity index (χ3v) is 3.17. The molecule has 0 atom stereocenters. The van der Waals surface area contributed by atoms with Crippen LogP contribution in [0.4, 0.5) is 0 Å². The number of ether oxygens (including phenoxy) is 1. The van der Waals surface area contributed by atoms with E-state index in [1.807, 2.05) is 4.90 Å². The molecule has 2 heterocycles. The van der Waals surface area contributed by atoms with Crippen LogP contribution in [0.2, 0.25) is 5.02 Å². The first-order valence-electron chi connectivity index (χ1n) is 6.40. The van der Waals surface area contributed by atoms with E-state index in [2.05, 4.69) is 25.8 Å². The summed E-state index contributed by atoms with van der Waals surface area (Å²) in [5, 5.41) is 0.502. The Hall–Kier alpha value is -1.29. The van der Waals surface area contributed by atoms with Crippen LogP contribution in [0.15, 0.2) is 18.3 Å². The molecule has 0 N–H and O–H groups in total. The minimum absolute atomic E-state index is 0.00341. The smallest absolute Gasteiger partial charge is 0.232 e. The van der Waals surface area contributed by atoms with Gasteiger partial charge in [-0.2, -0.15) is 0 Å². The molecule has 0 aromatic carbocycles. The van der Waals surface area contributed by atoms with Gasteiger partial charge < -0.3 is 9.64 Å². The highest BCUT2D eigenvalue weighted by molar-refractivity contribution is 6.31. The molecular weight excluding hydrogens is 264 g/mol. The minimum atomic E-state index is -0.00341. The first-order valence-corrected chi connectivity index (χ1v) is 6.78. The molecule has 0 aliphatic carbocycles. The fraction of sp³-hybridized carbons (Fsp3) is 0.571. The Balaban J connectivity index is 1.81. The van der Waals surface area contributed by atoms with Crippen molar-refractivity contribution in [2.75, 3.05) is 13.1 Å². The number of hydrogen-bond donors (Lipinski definition) is 0. The Morgan fingerprint density at radius 1 is 1.53 bits per heavy atom. The minimum Gasteiger partial charge on any atom is -0.470 e. The van der Waals surface area contributed by atoms with Crippen molar-refractivity contribution in [3.8, 4) is 5.88 Å². The number of aromatic nitrogens is 1. The average Bonchev–Trinajstić information content (AvgIpc) is 2.22. The van der Waals surface area contributed by atoms with Crippen LogP contribution in [-0.4, -0.2) is 35.0 Å². The van der Waals surface area contributed by atoms with E-state index in [1.165, 1.54) is 0 Å². The van der Waals surface area contributed by atoms with Gasteiger partial charge in [0.05, 0.1) is 13.1 Å². The Kier molecular flexibility index (Phi) is 3.99. The van der Waals surface area contributed by atoms with Gasteiger partial charge in [0.1, 0.15) is 11.1 Å². The average molecular weight is 283 g/mol. The summed E-state index contributed by atoms with van der Waals surface area (Å²) in [7, 11) is 0. The van der Waals surface area contributed by atoms with E-state index in [9.17, 15) is 4.79 Å². The zero-order valence-corrected chi connectivity index (χ0v) is 12.3. The van der Waals surface area contributed by atoms with Gasteiger partial charge in [0.25, 0.3) is 0 Å². The van der Waals surface area contributed by atoms with Crippen molar-refractivity contribution >= 4 is 17.5 Å². The second kappa shape index (κ2) is 5.37. The summed E-state index contributed by atoms with van der Waals surface area (Å²) in [4.78, 5) is 17.8. The number of likely N-dealkylation sites (tertiary alicyclic amines) is 1. The number of halogens is 1. The fourth-order valence-electron chi connectivity index (χ4n) is 1.90. The van der Waals surface area contributed by atoms with Crippen molar-refractivity contribution in [3.63, 3.8) is 0 Å². The molecule has 0 unspecified atom stereocenters. The van der Waals surface area contributed by atoms with Gasteiger partial charge in [-0.05, 0) is 17.5 Å². The zero-order valence-electron chi connectivity index (χ0n) is 11.5. The van der Waals surface area contributed by atoms with Crippen LogP contribution < -0.4 is 4.74 Å². The normalized spacial score (nSPS) is 16.1. The SMILES string of the molecule is CC(C)(C)CC(=O)N1CC(Oc2ncccc2Cl)C1. The number of nitrogens with zero attached hydrogens (tertiary/aromatic N) is 2. The van der Waals surface area contributed by atoms with Gasteiger partial charge in [0.2, 0.25) is 11.8 Å². The molecule has 19 heavy (non-hydrogen) atoms. The number of rotatable bonds is 3. The Labute approximate surface area is 118 Å². The second-order valence-electron chi connectivity index (χ2n) is 6.07. The quantitative estimate of drug-likeness (QED) is 0.856. The number of hydrogen-bond acceptors (Lipinski definition) is 3. The van der Waals surface area contributed by atoms with Crippen LogP contribution in [0.3, 0.4) is 0 Å². The molecule has 104 valence electrons. The maximum absolute atomic E-state index is 11.9. The molecule has 1 aliphatic heterocycles. The summed E-state index contributed by atoms with van der Waals surface area (Å²) in [6.07, 6.45) is 2.20. The van der Waals surface area contributed by atoms with Gasteiger partial charge >= 0.3 is 0 Å². The second-order valence-corrected chi connectivity index (χ2v) is 6.47. The number of carbonyl (C=O) groups excluding carboxylic acids is 1. The van der Waals surface area contributed by atoms with Gasteiger partial charge in [0.15, 0.2) is 0 Å². The van der Waals surface area contributed by atoms with E-state index in [0.29, 0.717) is 30.4 Å². The summed E-state index contributed by atoms with van der Waals surface area (Å²) in [5.41, 5.74) is 0.0212. The zero-order chi connectivity index (χ0) is 14.0. The van der Waals surface area contributed by atoms with Crippen molar-refractivity contribution in [1.82, 2.24) is 9.88 Å². The Bertz CT molecular complexity index is 465. The van der Waals surface area contributed by atoms with Gasteiger partial charge in [-0.3, -0.25) is 4.79 Å². The molecule has 0 radical (unpaired) electrons. The van der Waals surface area contributed by atoms with Gasteiger partial charge in [-0.25, -0.2) is 4.98 Å². The molecule has 2 rings (SSSR count). The third-order valence-electron chi connectivity index (χ3n) is 2.89. The summed E-state index contributed by atoms with van der Waals surface area (Å²) in [5.74, 6) is 0.622. The van der Waals surface area contributed by atoms with Crippen LogP contribution >= 0.6 is 11.6 Å². The van der Waals surface area contributed by atoms with Crippen molar-refractivity contribution in [2.45, 2.75) is 33.3 Å². The maximum Gasteiger partial charge on any atom is 0.232 e. The largest absolute Gasteiger partial charge is 0.470 e. The van der Waals surface area contributed by atoms with E-state index >= 15 is 0 Å². The van der Waals surface area contributed by atoms with E-state index in [4.69, 9.17) is 16.3 Å². The van der Waals surface area contributed by atoms with Crippen molar-refractivity contribution in [3.05, 3.63) is 23.4 Å². The molecule has 1 saturated heterocycles. The molecule has 1 amide bonds. The molecular formula is C14H19ClN2O2. The highest BCUT2D eigenvalue weighted by atomic mass is 35.5. The van der Waals surface area contributed by atoms with E-state index in [1.54, 1.807) is 18.3 Å². The molecule has 0 bridgehead atoms. The highest BCUT2D eigenvalue weighted by Crippen LogP contribution is 2.26. The lowest BCUT2D eigenvalue weighted by Gasteiger charge is -2.39. The molecule has 5 heteroatoms. The molecule has 1 fully saturated rings. The third kappa shape index (κ3) is 3.83. The van der Waals surface area contributed by atoms with Crippen LogP contribution in [-0.2, 0) is 4.79 Å². The van der Waals surface area contributed by atoms with Crippen LogP contribution in [0.5, 0.6) is 5.88 Å². The lowest BCUT2D eigenvalue weighted by molar-refractivity contribution is -0.142. The lowest BCUT2D eigenvalue weighted by Crippen LogP contribution is -2.56. The number of amides is 1. The highest BCUT2D eigenvalue weighted by Gasteiger charge is 2.34. The topological polar surface area (TPSA) is 42.4 Å². The molecule has 0 spiro atoms. The lowest BCUT2D eigenvalue weighted by atomic mass is 9.91. The van der Waals surface area contributed by atoms with E-state index in [0.717, 1.165) is 0 Å². The van der Waals surface area contributed by atoms with Crippen molar-refractivity contribution in [2.24, 2.45) is 5.41 Å². The van der Waals surface area contributed by atoms with E-state index < -0.39 is 0 Å². The molecule has 1 aliphatic rings. The van der Waals surface area contributed by atoms with Gasteiger partial charge in [0, 0.05) is 12.6 Å². The standard InChI is InChI=1S/C14H19ClN2O2/c1-14(2,3)7-12(18)17-8-10(9-17)19-13-11(15)5-4-6-16-13/h4-6,10H,7-9H2,1-3H3. The number of pyridine rings is 1. The van der Waals surface area contributed by atoms with Gasteiger partial charge in [-0.15, -0.1) is 0 Å². The molecule has 1 aromatic rings. The summed E-state index contributed by atoms with van der Waals surface area (Å²) < 4.78 is 5.65. The molecule has 0 saturated carbocycles. The Morgan fingerprint density at radius 3 is 2.79 bits per heavy atom. The fourth-order valence-corrected chi connectivity index (χ4v) is 2.06. The van der Waals surface area contributed by atoms with Crippen LogP contribution in [0.25, 0.3) is 0 Å².